The maximum Gasteiger partial charge on any atom is 0.196 e. The van der Waals surface area contributed by atoms with Crippen LogP contribution in [0.4, 0.5) is 0 Å². The van der Waals surface area contributed by atoms with E-state index in [9.17, 15) is 9.59 Å². The summed E-state index contributed by atoms with van der Waals surface area (Å²) in [7, 11) is 1.68. The van der Waals surface area contributed by atoms with Crippen LogP contribution in [0.1, 0.15) is 31.8 Å². The van der Waals surface area contributed by atoms with Crippen LogP contribution in [0.15, 0.2) is 73.1 Å². The quantitative estimate of drug-likeness (QED) is 0.583. The molecule has 0 saturated carbocycles. The van der Waals surface area contributed by atoms with E-state index in [4.69, 9.17) is 4.74 Å². The number of nitrogens with zero attached hydrogens (tertiary/aromatic N) is 3. The van der Waals surface area contributed by atoms with Crippen molar-refractivity contribution in [1.29, 1.82) is 0 Å². The minimum atomic E-state index is -1.34. The van der Waals surface area contributed by atoms with Crippen LogP contribution in [0.2, 0.25) is 0 Å². The lowest BCUT2D eigenvalue weighted by atomic mass is 9.83. The van der Waals surface area contributed by atoms with Gasteiger partial charge in [-0.05, 0) is 12.1 Å². The van der Waals surface area contributed by atoms with Gasteiger partial charge in [0.05, 0.1) is 7.11 Å². The second kappa shape index (κ2) is 8.30. The van der Waals surface area contributed by atoms with E-state index in [1.807, 2.05) is 41.3 Å². The normalized spacial score (nSPS) is 18.5. The topological polar surface area (TPSA) is 62.7 Å². The van der Waals surface area contributed by atoms with Crippen LogP contribution in [0, 0.1) is 0 Å². The molecule has 1 aliphatic carbocycles. The molecule has 2 aliphatic rings. The fourth-order valence-electron chi connectivity index (χ4n) is 5.00. The van der Waals surface area contributed by atoms with Crippen molar-refractivity contribution < 1.29 is 14.3 Å². The summed E-state index contributed by atoms with van der Waals surface area (Å²) in [5.41, 5.74) is 1.43. The second-order valence-electron chi connectivity index (χ2n) is 8.23. The molecule has 2 heterocycles. The summed E-state index contributed by atoms with van der Waals surface area (Å²) >= 11 is 0. The average molecular weight is 428 g/mol. The van der Waals surface area contributed by atoms with Crippen LogP contribution < -0.4 is 4.74 Å². The molecule has 0 N–H and O–H groups in total. The smallest absolute Gasteiger partial charge is 0.196 e. The van der Waals surface area contributed by atoms with Crippen molar-refractivity contribution in [2.75, 3.05) is 33.3 Å². The lowest BCUT2D eigenvalue weighted by molar-refractivity contribution is 0.0277. The molecule has 1 aromatic heterocycles. The van der Waals surface area contributed by atoms with Gasteiger partial charge in [-0.15, -0.1) is 0 Å². The largest absolute Gasteiger partial charge is 0.496 e. The predicted molar refractivity (Wildman–Crippen MR) is 121 cm³/mol. The van der Waals surface area contributed by atoms with Gasteiger partial charge >= 0.3 is 0 Å². The van der Waals surface area contributed by atoms with E-state index in [0.29, 0.717) is 29.8 Å². The Balaban J connectivity index is 1.44. The van der Waals surface area contributed by atoms with E-state index < -0.39 is 5.54 Å². The molecule has 5 rings (SSSR count). The third-order valence-electron chi connectivity index (χ3n) is 6.59. The number of benzene rings is 2. The molecule has 32 heavy (non-hydrogen) atoms. The molecule has 0 radical (unpaired) electrons. The van der Waals surface area contributed by atoms with E-state index in [-0.39, 0.29) is 11.6 Å². The van der Waals surface area contributed by atoms with Crippen LogP contribution in [-0.4, -0.2) is 59.6 Å². The van der Waals surface area contributed by atoms with E-state index in [1.54, 1.807) is 37.7 Å². The minimum absolute atomic E-state index is 0.149. The van der Waals surface area contributed by atoms with Gasteiger partial charge in [0.2, 0.25) is 0 Å². The fourth-order valence-corrected chi connectivity index (χ4v) is 5.00. The fraction of sp³-hybridized carbons (Fsp3) is 0.269. The first-order valence-electron chi connectivity index (χ1n) is 10.8. The second-order valence-corrected chi connectivity index (χ2v) is 8.23. The van der Waals surface area contributed by atoms with E-state index in [2.05, 4.69) is 16.0 Å². The predicted octanol–water partition coefficient (Wildman–Crippen LogP) is 3.18. The van der Waals surface area contributed by atoms with Gasteiger partial charge in [-0.1, -0.05) is 48.5 Å². The van der Waals surface area contributed by atoms with Gasteiger partial charge in [-0.3, -0.25) is 24.4 Å². The summed E-state index contributed by atoms with van der Waals surface area (Å²) in [5, 5.41) is 0. The van der Waals surface area contributed by atoms with Gasteiger partial charge in [-0.25, -0.2) is 0 Å². The molecule has 1 fully saturated rings. The summed E-state index contributed by atoms with van der Waals surface area (Å²) < 4.78 is 5.49. The molecule has 3 aromatic rings. The Bertz CT molecular complexity index is 1120. The van der Waals surface area contributed by atoms with Crippen molar-refractivity contribution >= 4 is 11.6 Å². The van der Waals surface area contributed by atoms with Gasteiger partial charge in [-0.2, -0.15) is 0 Å². The van der Waals surface area contributed by atoms with Crippen molar-refractivity contribution in [3.8, 4) is 5.75 Å². The molecule has 0 spiro atoms. The first-order chi connectivity index (χ1) is 15.7. The Kier molecular flexibility index (Phi) is 5.33. The number of fused-ring (bicyclic) bond motifs is 1. The number of aromatic nitrogens is 1. The number of hydrogen-bond donors (Lipinski definition) is 0. The number of rotatable bonds is 5. The van der Waals surface area contributed by atoms with Crippen molar-refractivity contribution in [2.45, 2.75) is 12.1 Å². The van der Waals surface area contributed by atoms with Gasteiger partial charge in [0.15, 0.2) is 17.1 Å². The molecule has 0 atom stereocenters. The van der Waals surface area contributed by atoms with Crippen molar-refractivity contribution in [1.82, 2.24) is 14.8 Å². The minimum Gasteiger partial charge on any atom is -0.496 e. The first-order valence-corrected chi connectivity index (χ1v) is 10.8. The molecule has 162 valence electrons. The zero-order valence-electron chi connectivity index (χ0n) is 18.0. The number of methoxy groups -OCH3 is 1. The summed E-state index contributed by atoms with van der Waals surface area (Å²) in [6, 6.07) is 18.8. The summed E-state index contributed by atoms with van der Waals surface area (Å²) in [6.45, 7) is 3.47. The molecule has 0 amide bonds. The molecule has 2 aromatic carbocycles. The average Bonchev–Trinajstić information content (AvgIpc) is 3.08. The third kappa shape index (κ3) is 3.15. The highest BCUT2D eigenvalue weighted by atomic mass is 16.5. The molecule has 6 heteroatoms. The van der Waals surface area contributed by atoms with Gasteiger partial charge in [0, 0.05) is 67.4 Å². The van der Waals surface area contributed by atoms with Crippen LogP contribution >= 0.6 is 0 Å². The number of piperazine rings is 1. The van der Waals surface area contributed by atoms with Crippen molar-refractivity contribution in [3.05, 3.63) is 95.3 Å². The summed E-state index contributed by atoms with van der Waals surface area (Å²) in [4.78, 5) is 36.1. The Labute approximate surface area is 187 Å². The number of Topliss-reactive ketones (excluding diaryl/α,β-unsaturated/α-hetero) is 2. The lowest BCUT2D eigenvalue weighted by Crippen LogP contribution is -2.60. The molecular weight excluding hydrogens is 402 g/mol. The molecule has 0 bridgehead atoms. The number of hydrogen-bond acceptors (Lipinski definition) is 6. The monoisotopic (exact) mass is 427 g/mol. The van der Waals surface area contributed by atoms with E-state index in [0.717, 1.165) is 30.9 Å². The van der Waals surface area contributed by atoms with Crippen molar-refractivity contribution in [2.24, 2.45) is 0 Å². The SMILES string of the molecule is COc1ccccc1CN1CCN(C2(c3cccnc3)C(=O)c3ccccc3C2=O)CC1. The maximum atomic E-state index is 13.8. The van der Waals surface area contributed by atoms with Crippen molar-refractivity contribution in [3.63, 3.8) is 0 Å². The number of carbonyl (C=O) groups is 2. The Morgan fingerprint density at radius 2 is 1.53 bits per heavy atom. The van der Waals surface area contributed by atoms with Gasteiger partial charge in [0.1, 0.15) is 5.75 Å². The van der Waals surface area contributed by atoms with Crippen LogP contribution in [0.25, 0.3) is 0 Å². The van der Waals surface area contributed by atoms with E-state index >= 15 is 0 Å². The Morgan fingerprint density at radius 1 is 0.875 bits per heavy atom. The molecule has 1 aliphatic heterocycles. The number of pyridine rings is 1. The number of carbonyl (C=O) groups excluding carboxylic acids is 2. The lowest BCUT2D eigenvalue weighted by Gasteiger charge is -2.44. The number of ketones is 2. The van der Waals surface area contributed by atoms with E-state index in [1.165, 1.54) is 0 Å². The van der Waals surface area contributed by atoms with Gasteiger partial charge in [0.25, 0.3) is 0 Å². The first kappa shape index (κ1) is 20.5. The van der Waals surface area contributed by atoms with Crippen LogP contribution in [0.5, 0.6) is 5.75 Å². The standard InChI is InChI=1S/C26H25N3O3/c1-32-23-11-5-2-7-19(23)18-28-13-15-29(16-14-28)26(20-8-6-12-27-17-20)24(30)21-9-3-4-10-22(21)25(26)31/h2-12,17H,13-16,18H2,1H3. The zero-order chi connectivity index (χ0) is 22.1. The summed E-state index contributed by atoms with van der Waals surface area (Å²) in [5.74, 6) is 0.576. The summed E-state index contributed by atoms with van der Waals surface area (Å²) in [6.07, 6.45) is 3.32. The number of ether oxygens (including phenoxy) is 1. The molecular formula is C26H25N3O3. The van der Waals surface area contributed by atoms with Crippen LogP contribution in [0.3, 0.4) is 0 Å². The zero-order valence-corrected chi connectivity index (χ0v) is 18.0. The highest BCUT2D eigenvalue weighted by molar-refractivity contribution is 6.32. The highest BCUT2D eigenvalue weighted by Crippen LogP contribution is 2.42. The number of para-hydroxylation sites is 1. The maximum absolute atomic E-state index is 13.8. The third-order valence-corrected chi connectivity index (χ3v) is 6.59. The Morgan fingerprint density at radius 3 is 2.16 bits per heavy atom. The molecule has 0 unspecified atom stereocenters. The highest BCUT2D eigenvalue weighted by Gasteiger charge is 2.58. The van der Waals surface area contributed by atoms with Crippen LogP contribution in [-0.2, 0) is 12.1 Å². The van der Waals surface area contributed by atoms with Gasteiger partial charge < -0.3 is 4.74 Å². The molecule has 6 nitrogen and oxygen atoms in total. The molecule has 1 saturated heterocycles. The Hall–Kier alpha value is -3.35.